The number of thiophene rings is 1. The summed E-state index contributed by atoms with van der Waals surface area (Å²) in [6.45, 7) is 3.50. The first-order chi connectivity index (χ1) is 15.5. The van der Waals surface area contributed by atoms with E-state index in [2.05, 4.69) is 15.5 Å². The molecule has 6 nitrogen and oxygen atoms in total. The molecule has 0 aliphatic carbocycles. The monoisotopic (exact) mass is 446 g/mol. The molecule has 0 saturated heterocycles. The Morgan fingerprint density at radius 1 is 1.09 bits per heavy atom. The minimum absolute atomic E-state index is 0.316. The van der Waals surface area contributed by atoms with Crippen molar-refractivity contribution >= 4 is 28.6 Å². The van der Waals surface area contributed by atoms with Gasteiger partial charge in [0.2, 0.25) is 5.82 Å². The van der Waals surface area contributed by atoms with Gasteiger partial charge in [0.25, 0.3) is 5.89 Å². The van der Waals surface area contributed by atoms with Crippen LogP contribution >= 0.6 is 11.3 Å². The lowest BCUT2D eigenvalue weighted by Gasteiger charge is -2.35. The van der Waals surface area contributed by atoms with E-state index in [0.29, 0.717) is 34.2 Å². The Morgan fingerprint density at radius 2 is 1.91 bits per heavy atom. The van der Waals surface area contributed by atoms with E-state index in [-0.39, 0.29) is 11.8 Å². The van der Waals surface area contributed by atoms with Crippen molar-refractivity contribution in [3.05, 3.63) is 94.6 Å². The molecule has 1 aliphatic heterocycles. The van der Waals surface area contributed by atoms with Crippen molar-refractivity contribution in [3.63, 3.8) is 0 Å². The normalized spacial score (nSPS) is 16.4. The second kappa shape index (κ2) is 8.05. The van der Waals surface area contributed by atoms with Crippen LogP contribution in [0.1, 0.15) is 30.0 Å². The molecular weight excluding hydrogens is 427 g/mol. The van der Waals surface area contributed by atoms with Gasteiger partial charge < -0.3 is 9.84 Å². The number of aryl methyl sites for hydroxylation is 1. The number of aromatic nitrogens is 2. The maximum Gasteiger partial charge on any atom is 0.326 e. The van der Waals surface area contributed by atoms with Gasteiger partial charge in [-0.1, -0.05) is 41.6 Å². The molecule has 0 fully saturated rings. The number of hydrogen-bond acceptors (Lipinski definition) is 5. The molecule has 1 atom stereocenters. The van der Waals surface area contributed by atoms with E-state index in [1.54, 1.807) is 19.1 Å². The molecule has 160 valence electrons. The summed E-state index contributed by atoms with van der Waals surface area (Å²) in [6, 6.07) is 17.2. The Kier molecular flexibility index (Phi) is 5.07. The Balaban J connectivity index is 1.67. The Labute approximate surface area is 188 Å². The molecule has 5 rings (SSSR count). The molecule has 2 aromatic carbocycles. The Bertz CT molecular complexity index is 1320. The van der Waals surface area contributed by atoms with Crippen molar-refractivity contribution in [3.8, 4) is 10.7 Å². The highest BCUT2D eigenvalue weighted by atomic mass is 32.1. The summed E-state index contributed by atoms with van der Waals surface area (Å²) in [6.07, 6.45) is 0. The molecule has 1 unspecified atom stereocenters. The van der Waals surface area contributed by atoms with Crippen LogP contribution in [0, 0.1) is 12.7 Å². The third kappa shape index (κ3) is 3.48. The number of nitrogens with one attached hydrogen (secondary N) is 1. The van der Waals surface area contributed by atoms with Crippen LogP contribution in [0.3, 0.4) is 0 Å². The zero-order chi connectivity index (χ0) is 22.2. The van der Waals surface area contributed by atoms with E-state index in [1.807, 2.05) is 54.8 Å². The van der Waals surface area contributed by atoms with Gasteiger partial charge in [-0.15, -0.1) is 11.3 Å². The summed E-state index contributed by atoms with van der Waals surface area (Å²) in [5.41, 5.74) is 3.22. The largest absolute Gasteiger partial charge is 0.334 e. The first-order valence-electron chi connectivity index (χ1n) is 10.0. The number of nitrogens with zero attached hydrogens (tertiary/aromatic N) is 3. The molecule has 2 aromatic heterocycles. The highest BCUT2D eigenvalue weighted by Gasteiger charge is 2.36. The van der Waals surface area contributed by atoms with Crippen molar-refractivity contribution in [2.45, 2.75) is 19.9 Å². The minimum atomic E-state index is -0.474. The second-order valence-corrected chi connectivity index (χ2v) is 8.41. The van der Waals surface area contributed by atoms with E-state index in [0.717, 1.165) is 10.4 Å². The zero-order valence-electron chi connectivity index (χ0n) is 17.4. The molecule has 3 heterocycles. The summed E-state index contributed by atoms with van der Waals surface area (Å²) in [4.78, 5) is 20.2. The van der Waals surface area contributed by atoms with Gasteiger partial charge in [0.05, 0.1) is 22.2 Å². The van der Waals surface area contributed by atoms with Crippen LogP contribution in [0.2, 0.25) is 0 Å². The number of amides is 2. The van der Waals surface area contributed by atoms with Gasteiger partial charge in [0.15, 0.2) is 0 Å². The zero-order valence-corrected chi connectivity index (χ0v) is 18.2. The lowest BCUT2D eigenvalue weighted by molar-refractivity contribution is 0.244. The van der Waals surface area contributed by atoms with Crippen molar-refractivity contribution < 1.29 is 13.7 Å². The SMILES string of the molecule is CC1=C(c2nc(-c3cccs3)no2)C(c2ccccc2)NC(=O)N1c1ccc(F)c(C)c1. The number of allylic oxidation sites excluding steroid dienone is 1. The molecule has 32 heavy (non-hydrogen) atoms. The van der Waals surface area contributed by atoms with Crippen molar-refractivity contribution in [1.29, 1.82) is 0 Å². The van der Waals surface area contributed by atoms with Crippen LogP contribution in [0.4, 0.5) is 14.9 Å². The van der Waals surface area contributed by atoms with E-state index >= 15 is 0 Å². The fourth-order valence-electron chi connectivity index (χ4n) is 3.83. The average molecular weight is 447 g/mol. The summed E-state index contributed by atoms with van der Waals surface area (Å²) >= 11 is 1.52. The average Bonchev–Trinajstić information content (AvgIpc) is 3.48. The molecule has 1 N–H and O–H groups in total. The lowest BCUT2D eigenvalue weighted by atomic mass is 9.94. The van der Waals surface area contributed by atoms with Gasteiger partial charge >= 0.3 is 6.03 Å². The predicted octanol–water partition coefficient (Wildman–Crippen LogP) is 5.95. The maximum atomic E-state index is 13.9. The van der Waals surface area contributed by atoms with Crippen molar-refractivity contribution in [2.24, 2.45) is 0 Å². The fourth-order valence-corrected chi connectivity index (χ4v) is 4.48. The highest BCUT2D eigenvalue weighted by molar-refractivity contribution is 7.13. The number of rotatable bonds is 4. The molecule has 4 aromatic rings. The molecule has 1 aliphatic rings. The number of halogens is 1. The van der Waals surface area contributed by atoms with Gasteiger partial charge in [-0.2, -0.15) is 4.98 Å². The van der Waals surface area contributed by atoms with Crippen LogP contribution in [0.5, 0.6) is 0 Å². The maximum absolute atomic E-state index is 13.9. The van der Waals surface area contributed by atoms with Gasteiger partial charge in [-0.05, 0) is 54.6 Å². The van der Waals surface area contributed by atoms with E-state index < -0.39 is 6.04 Å². The van der Waals surface area contributed by atoms with Gasteiger partial charge in [-0.3, -0.25) is 4.90 Å². The van der Waals surface area contributed by atoms with Crippen LogP contribution in [-0.4, -0.2) is 16.2 Å². The smallest absolute Gasteiger partial charge is 0.326 e. The summed E-state index contributed by atoms with van der Waals surface area (Å²) in [5.74, 6) is 0.486. The van der Waals surface area contributed by atoms with E-state index in [4.69, 9.17) is 4.52 Å². The molecule has 2 amide bonds. The number of urea groups is 1. The predicted molar refractivity (Wildman–Crippen MR) is 122 cm³/mol. The third-order valence-corrected chi connectivity index (χ3v) is 6.28. The number of carbonyl (C=O) groups is 1. The van der Waals surface area contributed by atoms with Gasteiger partial charge in [0, 0.05) is 5.70 Å². The molecule has 0 saturated carbocycles. The van der Waals surface area contributed by atoms with E-state index in [9.17, 15) is 9.18 Å². The lowest BCUT2D eigenvalue weighted by Crippen LogP contribution is -2.46. The van der Waals surface area contributed by atoms with Gasteiger partial charge in [-0.25, -0.2) is 9.18 Å². The van der Waals surface area contributed by atoms with Crippen LogP contribution in [0.25, 0.3) is 16.3 Å². The number of hydrogen-bond donors (Lipinski definition) is 1. The fraction of sp³-hybridized carbons (Fsp3) is 0.125. The number of anilines is 1. The van der Waals surface area contributed by atoms with E-state index in [1.165, 1.54) is 22.3 Å². The van der Waals surface area contributed by atoms with Crippen LogP contribution in [-0.2, 0) is 0 Å². The summed E-state index contributed by atoms with van der Waals surface area (Å²) < 4.78 is 19.5. The molecule has 0 spiro atoms. The highest BCUT2D eigenvalue weighted by Crippen LogP contribution is 2.39. The Hall–Kier alpha value is -3.78. The molecule has 0 radical (unpaired) electrons. The summed E-state index contributed by atoms with van der Waals surface area (Å²) in [7, 11) is 0. The molecular formula is C24H19FN4O2S. The van der Waals surface area contributed by atoms with Crippen molar-refractivity contribution in [2.75, 3.05) is 4.90 Å². The first-order valence-corrected chi connectivity index (χ1v) is 10.9. The van der Waals surface area contributed by atoms with Gasteiger partial charge in [0.1, 0.15) is 5.82 Å². The topological polar surface area (TPSA) is 71.3 Å². The second-order valence-electron chi connectivity index (χ2n) is 7.46. The number of benzene rings is 2. The standard InChI is InChI=1S/C24H19FN4O2S/c1-14-13-17(10-11-18(14)25)29-15(2)20(21(26-24(29)30)16-7-4-3-5-8-16)23-27-22(28-31-23)19-9-6-12-32-19/h3-13,21H,1-2H3,(H,26,30). The molecule has 8 heteroatoms. The molecule has 0 bridgehead atoms. The van der Waals surface area contributed by atoms with Crippen molar-refractivity contribution in [1.82, 2.24) is 15.5 Å². The number of carbonyl (C=O) groups excluding carboxylic acids is 1. The van der Waals surface area contributed by atoms with Crippen LogP contribution in [0.15, 0.2) is 76.3 Å². The minimum Gasteiger partial charge on any atom is -0.334 e. The van der Waals surface area contributed by atoms with Crippen LogP contribution < -0.4 is 10.2 Å². The quantitative estimate of drug-likeness (QED) is 0.421. The Morgan fingerprint density at radius 3 is 2.62 bits per heavy atom. The first kappa shape index (κ1) is 20.1. The summed E-state index contributed by atoms with van der Waals surface area (Å²) in [5, 5.41) is 9.14. The third-order valence-electron chi connectivity index (χ3n) is 5.42.